The molecular formula is C24H19F2N5O2S. The number of carbonyl (C=O) groups excluding carboxylic acids is 1. The molecule has 1 amide bonds. The molecule has 1 aromatic heterocycles. The van der Waals surface area contributed by atoms with Crippen LogP contribution in [0.2, 0.25) is 0 Å². The van der Waals surface area contributed by atoms with E-state index in [0.29, 0.717) is 28.0 Å². The van der Waals surface area contributed by atoms with E-state index in [0.717, 1.165) is 0 Å². The van der Waals surface area contributed by atoms with Crippen molar-refractivity contribution in [3.8, 4) is 5.75 Å². The highest BCUT2D eigenvalue weighted by molar-refractivity contribution is 8.00. The van der Waals surface area contributed by atoms with Crippen LogP contribution in [0.5, 0.6) is 5.75 Å². The van der Waals surface area contributed by atoms with Crippen molar-refractivity contribution in [1.29, 1.82) is 0 Å². The van der Waals surface area contributed by atoms with Crippen LogP contribution in [0.15, 0.2) is 84.0 Å². The second-order valence-corrected chi connectivity index (χ2v) is 8.64. The maximum Gasteiger partial charge on any atom is 0.240 e. The number of benzene rings is 3. The molecule has 34 heavy (non-hydrogen) atoms. The molecule has 0 aliphatic carbocycles. The number of ether oxygens (including phenoxy) is 1. The summed E-state index contributed by atoms with van der Waals surface area (Å²) in [6.07, 6.45) is 0. The van der Waals surface area contributed by atoms with Crippen molar-refractivity contribution in [2.24, 2.45) is 0 Å². The van der Waals surface area contributed by atoms with Gasteiger partial charge in [-0.25, -0.2) is 13.5 Å². The predicted molar refractivity (Wildman–Crippen MR) is 124 cm³/mol. The van der Waals surface area contributed by atoms with Gasteiger partial charge in [0.25, 0.3) is 0 Å². The minimum atomic E-state index is -0.657. The average Bonchev–Trinajstić information content (AvgIpc) is 3.26. The highest BCUT2D eigenvalue weighted by Gasteiger charge is 2.38. The van der Waals surface area contributed by atoms with E-state index in [9.17, 15) is 13.6 Å². The Balaban J connectivity index is 1.41. The van der Waals surface area contributed by atoms with Crippen molar-refractivity contribution in [2.45, 2.75) is 23.1 Å². The Hall–Kier alpha value is -3.92. The predicted octanol–water partition coefficient (Wildman–Crippen LogP) is 4.53. The highest BCUT2D eigenvalue weighted by atomic mass is 32.2. The van der Waals surface area contributed by atoms with E-state index in [4.69, 9.17) is 4.74 Å². The monoisotopic (exact) mass is 479 g/mol. The molecule has 4 aromatic rings. The number of nitrogens with one attached hydrogen (secondary N) is 2. The molecule has 2 heterocycles. The van der Waals surface area contributed by atoms with Crippen LogP contribution in [0.25, 0.3) is 0 Å². The van der Waals surface area contributed by atoms with E-state index in [1.54, 1.807) is 16.8 Å². The Labute approximate surface area is 198 Å². The molecule has 1 aliphatic rings. The summed E-state index contributed by atoms with van der Waals surface area (Å²) >= 11 is 1.23. The molecule has 2 atom stereocenters. The lowest BCUT2D eigenvalue weighted by Gasteiger charge is -2.33. The molecule has 0 radical (unpaired) electrons. The van der Waals surface area contributed by atoms with Crippen molar-refractivity contribution in [2.75, 3.05) is 10.7 Å². The second-order valence-electron chi connectivity index (χ2n) is 7.53. The van der Waals surface area contributed by atoms with Gasteiger partial charge in [0, 0.05) is 5.69 Å². The molecule has 0 fully saturated rings. The summed E-state index contributed by atoms with van der Waals surface area (Å²) in [4.78, 5) is 13.2. The van der Waals surface area contributed by atoms with Crippen LogP contribution in [-0.2, 0) is 11.4 Å². The van der Waals surface area contributed by atoms with Gasteiger partial charge in [-0.3, -0.25) is 4.79 Å². The summed E-state index contributed by atoms with van der Waals surface area (Å²) in [5, 5.41) is 11.1. The van der Waals surface area contributed by atoms with Gasteiger partial charge in [0.2, 0.25) is 11.1 Å². The largest absolute Gasteiger partial charge is 0.486 e. The smallest absolute Gasteiger partial charge is 0.240 e. The van der Waals surface area contributed by atoms with Crippen LogP contribution >= 0.6 is 11.8 Å². The first-order valence-electron chi connectivity index (χ1n) is 10.4. The fourth-order valence-corrected chi connectivity index (χ4v) is 4.62. The number of anilines is 1. The van der Waals surface area contributed by atoms with Crippen molar-refractivity contribution >= 4 is 23.4 Å². The van der Waals surface area contributed by atoms with Gasteiger partial charge < -0.3 is 15.5 Å². The van der Waals surface area contributed by atoms with Gasteiger partial charge in [-0.15, -0.1) is 10.2 Å². The lowest BCUT2D eigenvalue weighted by atomic mass is 10.0. The quantitative estimate of drug-likeness (QED) is 0.423. The molecule has 5 rings (SSSR count). The lowest BCUT2D eigenvalue weighted by Crippen LogP contribution is -2.41. The number of para-hydroxylation sites is 1. The summed E-state index contributed by atoms with van der Waals surface area (Å²) in [6, 6.07) is 20.3. The summed E-state index contributed by atoms with van der Waals surface area (Å²) in [7, 11) is 0. The average molecular weight is 480 g/mol. The van der Waals surface area contributed by atoms with Crippen LogP contribution in [0.1, 0.15) is 17.4 Å². The Morgan fingerprint density at radius 2 is 1.65 bits per heavy atom. The highest BCUT2D eigenvalue weighted by Crippen LogP contribution is 2.37. The van der Waals surface area contributed by atoms with E-state index in [1.165, 1.54) is 48.2 Å². The lowest BCUT2D eigenvalue weighted by molar-refractivity contribution is -0.116. The number of hydrogen-bond acceptors (Lipinski definition) is 6. The van der Waals surface area contributed by atoms with Crippen molar-refractivity contribution in [3.05, 3.63) is 102 Å². The van der Waals surface area contributed by atoms with Gasteiger partial charge in [0.05, 0.1) is 6.04 Å². The third-order valence-electron chi connectivity index (χ3n) is 5.21. The minimum Gasteiger partial charge on any atom is -0.486 e. The SMILES string of the molecule is O=C(Nc1ccc(F)cc1)[C@H]1Sc2nnc(COc3ccccc3)n2N[C@H]1c1ccc(F)cc1. The van der Waals surface area contributed by atoms with Gasteiger partial charge in [0.1, 0.15) is 29.2 Å². The summed E-state index contributed by atoms with van der Waals surface area (Å²) in [6.45, 7) is 0.160. The minimum absolute atomic E-state index is 0.160. The molecule has 7 nitrogen and oxygen atoms in total. The molecule has 0 saturated heterocycles. The number of aromatic nitrogens is 3. The first-order chi connectivity index (χ1) is 16.6. The topological polar surface area (TPSA) is 81.1 Å². The van der Waals surface area contributed by atoms with Crippen LogP contribution < -0.4 is 15.5 Å². The van der Waals surface area contributed by atoms with Gasteiger partial charge in [0.15, 0.2) is 5.82 Å². The first kappa shape index (κ1) is 21.9. The Bertz CT molecular complexity index is 1280. The Morgan fingerprint density at radius 1 is 0.971 bits per heavy atom. The molecule has 172 valence electrons. The zero-order chi connectivity index (χ0) is 23.5. The normalized spacial score (nSPS) is 16.9. The Kier molecular flexibility index (Phi) is 6.13. The number of amides is 1. The fraction of sp³-hybridized carbons (Fsp3) is 0.125. The van der Waals surface area contributed by atoms with Crippen LogP contribution in [0, 0.1) is 11.6 Å². The molecule has 1 aliphatic heterocycles. The Morgan fingerprint density at radius 3 is 2.35 bits per heavy atom. The zero-order valence-corrected chi connectivity index (χ0v) is 18.5. The molecular weight excluding hydrogens is 460 g/mol. The van der Waals surface area contributed by atoms with Crippen LogP contribution in [-0.4, -0.2) is 26.0 Å². The first-order valence-corrected chi connectivity index (χ1v) is 11.3. The van der Waals surface area contributed by atoms with Gasteiger partial charge in [-0.05, 0) is 54.1 Å². The molecule has 0 unspecified atom stereocenters. The van der Waals surface area contributed by atoms with Crippen molar-refractivity contribution < 1.29 is 18.3 Å². The van der Waals surface area contributed by atoms with Crippen LogP contribution in [0.4, 0.5) is 14.5 Å². The van der Waals surface area contributed by atoms with Crippen LogP contribution in [0.3, 0.4) is 0 Å². The molecule has 0 saturated carbocycles. The van der Waals surface area contributed by atoms with E-state index in [1.807, 2.05) is 30.3 Å². The van der Waals surface area contributed by atoms with Gasteiger partial charge in [-0.1, -0.05) is 42.1 Å². The fourth-order valence-electron chi connectivity index (χ4n) is 3.52. The molecule has 10 heteroatoms. The number of hydrogen-bond donors (Lipinski definition) is 2. The maximum atomic E-state index is 13.6. The standard InChI is InChI=1S/C24H19F2N5O2S/c25-16-8-6-15(7-9-16)21-22(23(32)27-18-12-10-17(26)11-13-18)34-24-29-28-20(31(24)30-21)14-33-19-4-2-1-3-5-19/h1-13,21-22,30H,14H2,(H,27,32)/t21-,22-/m0/s1. The third-order valence-corrected chi connectivity index (χ3v) is 6.43. The number of nitrogens with zero attached hydrogens (tertiary/aromatic N) is 3. The summed E-state index contributed by atoms with van der Waals surface area (Å²) in [5.74, 6) is 0.135. The van der Waals surface area contributed by atoms with E-state index in [2.05, 4.69) is 20.9 Å². The second kappa shape index (κ2) is 9.52. The molecule has 2 N–H and O–H groups in total. The molecule has 3 aromatic carbocycles. The number of carbonyl (C=O) groups is 1. The van der Waals surface area contributed by atoms with Gasteiger partial charge in [-0.2, -0.15) is 0 Å². The van der Waals surface area contributed by atoms with E-state index in [-0.39, 0.29) is 18.3 Å². The number of thioether (sulfide) groups is 1. The number of halogens is 2. The van der Waals surface area contributed by atoms with Gasteiger partial charge >= 0.3 is 0 Å². The number of rotatable bonds is 6. The maximum absolute atomic E-state index is 13.6. The van der Waals surface area contributed by atoms with E-state index < -0.39 is 17.1 Å². The molecule has 0 spiro atoms. The third kappa shape index (κ3) is 4.72. The molecule has 0 bridgehead atoms. The number of fused-ring (bicyclic) bond motifs is 1. The summed E-state index contributed by atoms with van der Waals surface area (Å²) < 4.78 is 34.3. The van der Waals surface area contributed by atoms with Crippen molar-refractivity contribution in [3.63, 3.8) is 0 Å². The zero-order valence-electron chi connectivity index (χ0n) is 17.7. The van der Waals surface area contributed by atoms with Crippen molar-refractivity contribution in [1.82, 2.24) is 14.9 Å². The van der Waals surface area contributed by atoms with E-state index >= 15 is 0 Å². The summed E-state index contributed by atoms with van der Waals surface area (Å²) in [5.41, 5.74) is 4.47.